The number of benzene rings is 1. The van der Waals surface area contributed by atoms with Crippen LogP contribution < -0.4 is 10.5 Å². The summed E-state index contributed by atoms with van der Waals surface area (Å²) >= 11 is 6.15. The Morgan fingerprint density at radius 3 is 2.90 bits per heavy atom. The van der Waals surface area contributed by atoms with E-state index in [4.69, 9.17) is 22.1 Å². The normalized spacial score (nSPS) is 12.4. The van der Waals surface area contributed by atoms with Crippen molar-refractivity contribution in [2.45, 2.75) is 39.5 Å². The monoisotopic (exact) mass is 293 g/mol. The van der Waals surface area contributed by atoms with Gasteiger partial charge in [0.05, 0.1) is 10.7 Å². The first-order chi connectivity index (χ1) is 9.65. The lowest BCUT2D eigenvalue weighted by molar-refractivity contribution is 0.295. The fourth-order valence-corrected chi connectivity index (χ4v) is 2.16. The standard InChI is InChI=1S/C15H20ClN3O/c1-3-11(2)19-8-7-13(18-19)10-20-15-12(9-17)5-4-6-14(15)16/h4-8,11H,3,9-10,17H2,1-2H3. The molecule has 2 rings (SSSR count). The number of hydrogen-bond acceptors (Lipinski definition) is 3. The molecule has 0 bridgehead atoms. The van der Waals surface area contributed by atoms with Crippen LogP contribution in [0.15, 0.2) is 30.5 Å². The third-order valence-electron chi connectivity index (χ3n) is 3.34. The molecule has 0 aliphatic heterocycles. The number of nitrogens with zero attached hydrogens (tertiary/aromatic N) is 2. The second-order valence-corrected chi connectivity index (χ2v) is 5.17. The summed E-state index contributed by atoms with van der Waals surface area (Å²) in [6.45, 7) is 5.06. The smallest absolute Gasteiger partial charge is 0.142 e. The zero-order valence-electron chi connectivity index (χ0n) is 11.8. The Balaban J connectivity index is 2.07. The molecule has 0 amide bonds. The molecule has 2 N–H and O–H groups in total. The molecule has 0 radical (unpaired) electrons. The molecule has 2 aromatic rings. The van der Waals surface area contributed by atoms with E-state index in [-0.39, 0.29) is 0 Å². The summed E-state index contributed by atoms with van der Waals surface area (Å²) in [5.41, 5.74) is 7.48. The summed E-state index contributed by atoms with van der Waals surface area (Å²) in [7, 11) is 0. The molecule has 4 nitrogen and oxygen atoms in total. The van der Waals surface area contributed by atoms with E-state index in [1.54, 1.807) is 6.07 Å². The highest BCUT2D eigenvalue weighted by atomic mass is 35.5. The molecular weight excluding hydrogens is 274 g/mol. The predicted octanol–water partition coefficient (Wildman–Crippen LogP) is 3.55. The van der Waals surface area contributed by atoms with Crippen LogP contribution in [-0.2, 0) is 13.2 Å². The van der Waals surface area contributed by atoms with Gasteiger partial charge in [0, 0.05) is 24.3 Å². The van der Waals surface area contributed by atoms with Gasteiger partial charge in [-0.25, -0.2) is 0 Å². The molecular formula is C15H20ClN3O. The van der Waals surface area contributed by atoms with Crippen molar-refractivity contribution in [3.05, 3.63) is 46.7 Å². The summed E-state index contributed by atoms with van der Waals surface area (Å²) in [6.07, 6.45) is 3.02. The highest BCUT2D eigenvalue weighted by molar-refractivity contribution is 6.32. The van der Waals surface area contributed by atoms with Crippen molar-refractivity contribution in [2.75, 3.05) is 0 Å². The Hall–Kier alpha value is -1.52. The first kappa shape index (κ1) is 14.9. The van der Waals surface area contributed by atoms with Crippen molar-refractivity contribution in [3.8, 4) is 5.75 Å². The van der Waals surface area contributed by atoms with Crippen LogP contribution in [0.3, 0.4) is 0 Å². The highest BCUT2D eigenvalue weighted by Gasteiger charge is 2.09. The zero-order valence-corrected chi connectivity index (χ0v) is 12.6. The lowest BCUT2D eigenvalue weighted by Crippen LogP contribution is -2.07. The van der Waals surface area contributed by atoms with Gasteiger partial charge in [0.1, 0.15) is 12.4 Å². The van der Waals surface area contributed by atoms with Gasteiger partial charge in [-0.2, -0.15) is 5.10 Å². The largest absolute Gasteiger partial charge is 0.485 e. The number of aromatic nitrogens is 2. The Kier molecular flexibility index (Phi) is 5.04. The van der Waals surface area contributed by atoms with Gasteiger partial charge < -0.3 is 10.5 Å². The number of para-hydroxylation sites is 1. The van der Waals surface area contributed by atoms with Crippen molar-refractivity contribution in [2.24, 2.45) is 5.73 Å². The first-order valence-electron chi connectivity index (χ1n) is 6.80. The number of hydrogen-bond donors (Lipinski definition) is 1. The third-order valence-corrected chi connectivity index (χ3v) is 3.64. The molecule has 0 saturated heterocycles. The molecule has 1 aromatic carbocycles. The van der Waals surface area contributed by atoms with E-state index < -0.39 is 0 Å². The van der Waals surface area contributed by atoms with E-state index in [1.165, 1.54) is 0 Å². The second kappa shape index (κ2) is 6.77. The summed E-state index contributed by atoms with van der Waals surface area (Å²) in [4.78, 5) is 0. The van der Waals surface area contributed by atoms with Crippen molar-refractivity contribution < 1.29 is 4.74 Å². The lowest BCUT2D eigenvalue weighted by atomic mass is 10.2. The second-order valence-electron chi connectivity index (χ2n) is 4.77. The number of ether oxygens (including phenoxy) is 1. The summed E-state index contributed by atoms with van der Waals surface area (Å²) in [5, 5.41) is 5.08. The van der Waals surface area contributed by atoms with Gasteiger partial charge in [-0.3, -0.25) is 4.68 Å². The zero-order chi connectivity index (χ0) is 14.5. The van der Waals surface area contributed by atoms with Crippen LogP contribution in [0.4, 0.5) is 0 Å². The maximum atomic E-state index is 6.15. The maximum Gasteiger partial charge on any atom is 0.142 e. The number of halogens is 1. The molecule has 1 aromatic heterocycles. The van der Waals surface area contributed by atoms with Gasteiger partial charge in [-0.15, -0.1) is 0 Å². The van der Waals surface area contributed by atoms with Crippen LogP contribution >= 0.6 is 11.6 Å². The van der Waals surface area contributed by atoms with Crippen LogP contribution in [0.5, 0.6) is 5.75 Å². The minimum atomic E-state index is 0.389. The average Bonchev–Trinajstić information content (AvgIpc) is 2.93. The van der Waals surface area contributed by atoms with E-state index in [1.807, 2.05) is 29.1 Å². The van der Waals surface area contributed by atoms with Gasteiger partial charge in [-0.1, -0.05) is 30.7 Å². The first-order valence-corrected chi connectivity index (χ1v) is 7.17. The van der Waals surface area contributed by atoms with Gasteiger partial charge in [0.15, 0.2) is 0 Å². The average molecular weight is 294 g/mol. The minimum absolute atomic E-state index is 0.389. The Labute approximate surface area is 124 Å². The Morgan fingerprint density at radius 1 is 1.40 bits per heavy atom. The molecule has 0 fully saturated rings. The van der Waals surface area contributed by atoms with Crippen LogP contribution in [0, 0.1) is 0 Å². The molecule has 5 heteroatoms. The molecule has 20 heavy (non-hydrogen) atoms. The fraction of sp³-hybridized carbons (Fsp3) is 0.400. The Bertz CT molecular complexity index is 568. The molecule has 108 valence electrons. The predicted molar refractivity (Wildman–Crippen MR) is 80.9 cm³/mol. The Morgan fingerprint density at radius 2 is 2.20 bits per heavy atom. The van der Waals surface area contributed by atoms with Crippen LogP contribution in [0.1, 0.15) is 37.6 Å². The molecule has 1 atom stereocenters. The SMILES string of the molecule is CCC(C)n1ccc(COc2c(Cl)cccc2CN)n1. The van der Waals surface area contributed by atoms with Gasteiger partial charge in [-0.05, 0) is 25.5 Å². The van der Waals surface area contributed by atoms with Gasteiger partial charge in [0.25, 0.3) is 0 Å². The van der Waals surface area contributed by atoms with Crippen LogP contribution in [-0.4, -0.2) is 9.78 Å². The number of nitrogens with two attached hydrogens (primary N) is 1. The summed E-state index contributed by atoms with van der Waals surface area (Å²) in [6, 6.07) is 7.94. The molecule has 0 aliphatic rings. The topological polar surface area (TPSA) is 53.1 Å². The van der Waals surface area contributed by atoms with Crippen molar-refractivity contribution in [1.82, 2.24) is 9.78 Å². The molecule has 1 unspecified atom stereocenters. The highest BCUT2D eigenvalue weighted by Crippen LogP contribution is 2.29. The van der Waals surface area contributed by atoms with Gasteiger partial charge >= 0.3 is 0 Å². The quantitative estimate of drug-likeness (QED) is 0.886. The van der Waals surface area contributed by atoms with Crippen molar-refractivity contribution in [3.63, 3.8) is 0 Å². The van der Waals surface area contributed by atoms with Crippen molar-refractivity contribution in [1.29, 1.82) is 0 Å². The van der Waals surface area contributed by atoms with E-state index in [2.05, 4.69) is 18.9 Å². The van der Waals surface area contributed by atoms with E-state index in [9.17, 15) is 0 Å². The van der Waals surface area contributed by atoms with Crippen LogP contribution in [0.2, 0.25) is 5.02 Å². The van der Waals surface area contributed by atoms with Crippen molar-refractivity contribution >= 4 is 11.6 Å². The van der Waals surface area contributed by atoms with E-state index in [0.29, 0.717) is 30.0 Å². The summed E-state index contributed by atoms with van der Waals surface area (Å²) < 4.78 is 7.74. The molecule has 0 saturated carbocycles. The fourth-order valence-electron chi connectivity index (χ4n) is 1.91. The molecule has 0 spiro atoms. The lowest BCUT2D eigenvalue weighted by Gasteiger charge is -2.11. The van der Waals surface area contributed by atoms with E-state index >= 15 is 0 Å². The maximum absolute atomic E-state index is 6.15. The summed E-state index contributed by atoms with van der Waals surface area (Å²) in [5.74, 6) is 0.648. The van der Waals surface area contributed by atoms with Crippen LogP contribution in [0.25, 0.3) is 0 Å². The minimum Gasteiger partial charge on any atom is -0.485 e. The van der Waals surface area contributed by atoms with E-state index in [0.717, 1.165) is 17.7 Å². The molecule has 0 aliphatic carbocycles. The van der Waals surface area contributed by atoms with Gasteiger partial charge in [0.2, 0.25) is 0 Å². The molecule has 1 heterocycles. The number of rotatable bonds is 6. The third kappa shape index (κ3) is 3.32.